The predicted molar refractivity (Wildman–Crippen MR) is 159 cm³/mol. The maximum absolute atomic E-state index is 12.4. The number of hydrazone groups is 1. The van der Waals surface area contributed by atoms with Crippen molar-refractivity contribution in [3.63, 3.8) is 0 Å². The first kappa shape index (κ1) is 31.0. The van der Waals surface area contributed by atoms with Crippen LogP contribution in [0.2, 0.25) is 5.02 Å². The number of anilines is 2. The van der Waals surface area contributed by atoms with E-state index in [1.54, 1.807) is 60.7 Å². The Balaban J connectivity index is 1.52. The van der Waals surface area contributed by atoms with Crippen molar-refractivity contribution in [1.82, 2.24) is 5.43 Å². The second-order valence-corrected chi connectivity index (χ2v) is 9.18. The molecule has 3 rings (SSSR count). The van der Waals surface area contributed by atoms with Crippen LogP contribution in [0.5, 0.6) is 17.2 Å². The third-order valence-electron chi connectivity index (χ3n) is 5.63. The lowest BCUT2D eigenvalue weighted by Gasteiger charge is -2.13. The molecule has 0 bridgehead atoms. The molecule has 0 spiro atoms. The summed E-state index contributed by atoms with van der Waals surface area (Å²) < 4.78 is 16.9. The molecule has 3 amide bonds. The van der Waals surface area contributed by atoms with E-state index < -0.39 is 11.8 Å². The van der Waals surface area contributed by atoms with Crippen molar-refractivity contribution in [2.24, 2.45) is 5.10 Å². The molecule has 0 saturated carbocycles. The van der Waals surface area contributed by atoms with E-state index in [0.29, 0.717) is 52.4 Å². The van der Waals surface area contributed by atoms with Crippen LogP contribution in [0.4, 0.5) is 11.4 Å². The number of carbonyl (C=O) groups excluding carboxylic acids is 3. The van der Waals surface area contributed by atoms with E-state index in [1.165, 1.54) is 6.21 Å². The molecule has 0 radical (unpaired) electrons. The van der Waals surface area contributed by atoms with Gasteiger partial charge in [-0.2, -0.15) is 5.10 Å². The molecule has 0 unspecified atom stereocenters. The fraction of sp³-hybridized carbons (Fsp3) is 0.267. The van der Waals surface area contributed by atoms with Gasteiger partial charge in [0.25, 0.3) is 5.91 Å². The van der Waals surface area contributed by atoms with Gasteiger partial charge in [0.1, 0.15) is 5.75 Å². The van der Waals surface area contributed by atoms with Gasteiger partial charge in [0.05, 0.1) is 19.4 Å². The highest BCUT2D eigenvalue weighted by molar-refractivity contribution is 6.39. The number of amides is 3. The molecule has 3 aromatic rings. The molecule has 0 heterocycles. The molecular weight excluding hydrogens is 548 g/mol. The number of ether oxygens (including phenoxy) is 3. The number of nitrogens with zero attached hydrogens (tertiary/aromatic N) is 1. The summed E-state index contributed by atoms with van der Waals surface area (Å²) in [5.74, 6) is -0.742. The van der Waals surface area contributed by atoms with Crippen LogP contribution in [0.15, 0.2) is 65.8 Å². The first-order valence-corrected chi connectivity index (χ1v) is 13.5. The summed E-state index contributed by atoms with van der Waals surface area (Å²) in [5, 5.41) is 9.68. The number of benzene rings is 3. The fourth-order valence-corrected chi connectivity index (χ4v) is 3.61. The van der Waals surface area contributed by atoms with E-state index in [1.807, 2.05) is 13.8 Å². The van der Waals surface area contributed by atoms with Crippen LogP contribution in [0.25, 0.3) is 0 Å². The molecule has 216 valence electrons. The Morgan fingerprint density at radius 3 is 2.41 bits per heavy atom. The summed E-state index contributed by atoms with van der Waals surface area (Å²) in [6.45, 7) is 6.42. The zero-order valence-electron chi connectivity index (χ0n) is 23.2. The Morgan fingerprint density at radius 2 is 1.68 bits per heavy atom. The Kier molecular flexibility index (Phi) is 12.0. The molecule has 0 saturated heterocycles. The van der Waals surface area contributed by atoms with Gasteiger partial charge < -0.3 is 24.8 Å². The van der Waals surface area contributed by atoms with Crippen LogP contribution in [0.3, 0.4) is 0 Å². The fourth-order valence-electron chi connectivity index (χ4n) is 3.44. The molecule has 10 nitrogen and oxygen atoms in total. The van der Waals surface area contributed by atoms with Crippen LogP contribution in [0, 0.1) is 6.92 Å². The second-order valence-electron chi connectivity index (χ2n) is 8.77. The van der Waals surface area contributed by atoms with Crippen molar-refractivity contribution in [3.8, 4) is 17.2 Å². The van der Waals surface area contributed by atoms with Crippen LogP contribution in [-0.2, 0) is 14.4 Å². The molecule has 0 aromatic heterocycles. The van der Waals surface area contributed by atoms with E-state index >= 15 is 0 Å². The molecule has 0 atom stereocenters. The van der Waals surface area contributed by atoms with Crippen LogP contribution < -0.4 is 30.3 Å². The van der Waals surface area contributed by atoms with Crippen molar-refractivity contribution in [2.75, 3.05) is 30.5 Å². The monoisotopic (exact) mass is 580 g/mol. The average molecular weight is 581 g/mol. The number of carbonyl (C=O) groups is 3. The summed E-state index contributed by atoms with van der Waals surface area (Å²) in [7, 11) is 0. The lowest BCUT2D eigenvalue weighted by molar-refractivity contribution is -0.136. The highest BCUT2D eigenvalue weighted by Gasteiger charge is 2.14. The molecule has 0 aliphatic carbocycles. The van der Waals surface area contributed by atoms with E-state index in [0.717, 1.165) is 18.4 Å². The zero-order chi connectivity index (χ0) is 29.6. The highest BCUT2D eigenvalue weighted by Crippen LogP contribution is 2.28. The summed E-state index contributed by atoms with van der Waals surface area (Å²) in [6, 6.07) is 16.9. The maximum Gasteiger partial charge on any atom is 0.329 e. The van der Waals surface area contributed by atoms with Crippen molar-refractivity contribution in [2.45, 2.75) is 33.6 Å². The minimum Gasteiger partial charge on any atom is -0.494 e. The van der Waals surface area contributed by atoms with Gasteiger partial charge in [-0.1, -0.05) is 31.0 Å². The van der Waals surface area contributed by atoms with Gasteiger partial charge in [-0.25, -0.2) is 5.43 Å². The van der Waals surface area contributed by atoms with Crippen molar-refractivity contribution >= 4 is 46.9 Å². The number of unbranched alkanes of at least 4 members (excludes halogenated alkanes) is 1. The minimum atomic E-state index is -0.935. The molecule has 3 N–H and O–H groups in total. The van der Waals surface area contributed by atoms with E-state index in [4.69, 9.17) is 25.8 Å². The molecule has 0 aliphatic rings. The minimum absolute atomic E-state index is 0.251. The Hall–Kier alpha value is -4.57. The van der Waals surface area contributed by atoms with Crippen molar-refractivity contribution in [1.29, 1.82) is 0 Å². The van der Waals surface area contributed by atoms with Gasteiger partial charge in [-0.15, -0.1) is 0 Å². The lowest BCUT2D eigenvalue weighted by Crippen LogP contribution is -2.32. The normalized spacial score (nSPS) is 10.6. The van der Waals surface area contributed by atoms with E-state index in [2.05, 4.69) is 28.1 Å². The maximum atomic E-state index is 12.4. The molecule has 0 fully saturated rings. The molecule has 0 aliphatic heterocycles. The number of nitrogens with one attached hydrogen (secondary N) is 3. The van der Waals surface area contributed by atoms with Crippen molar-refractivity contribution in [3.05, 3.63) is 76.8 Å². The summed E-state index contributed by atoms with van der Waals surface area (Å²) in [4.78, 5) is 36.8. The van der Waals surface area contributed by atoms with Gasteiger partial charge in [0, 0.05) is 16.4 Å². The second kappa shape index (κ2) is 15.9. The van der Waals surface area contributed by atoms with E-state index in [9.17, 15) is 14.4 Å². The third-order valence-corrected chi connectivity index (χ3v) is 6.04. The van der Waals surface area contributed by atoms with Gasteiger partial charge in [-0.05, 0) is 86.0 Å². The van der Waals surface area contributed by atoms with Gasteiger partial charge >= 0.3 is 11.8 Å². The number of halogens is 1. The summed E-state index contributed by atoms with van der Waals surface area (Å²) in [5.41, 5.74) is 4.57. The number of rotatable bonds is 13. The average Bonchev–Trinajstić information content (AvgIpc) is 2.96. The van der Waals surface area contributed by atoms with Gasteiger partial charge in [0.15, 0.2) is 18.1 Å². The van der Waals surface area contributed by atoms with Gasteiger partial charge in [-0.3, -0.25) is 14.4 Å². The largest absolute Gasteiger partial charge is 0.494 e. The smallest absolute Gasteiger partial charge is 0.329 e. The number of hydrogen-bond acceptors (Lipinski definition) is 7. The van der Waals surface area contributed by atoms with E-state index in [-0.39, 0.29) is 12.5 Å². The zero-order valence-corrected chi connectivity index (χ0v) is 23.9. The standard InChI is InChI=1S/C30H33ClN4O6/c1-4-6-16-40-23-13-11-22(12-14-23)33-29(37)30(38)35-32-18-21-10-15-26(27(17-21)39-5-2)41-19-28(36)34-25-9-7-8-24(31)20(25)3/h7-15,17-18H,4-6,16,19H2,1-3H3,(H,33,37)(H,34,36)(H,35,38)/b32-18-. The molecule has 11 heteroatoms. The highest BCUT2D eigenvalue weighted by atomic mass is 35.5. The summed E-state index contributed by atoms with van der Waals surface area (Å²) >= 11 is 6.11. The first-order valence-electron chi connectivity index (χ1n) is 13.1. The van der Waals surface area contributed by atoms with Crippen LogP contribution in [0.1, 0.15) is 37.8 Å². The number of hydrogen-bond donors (Lipinski definition) is 3. The van der Waals surface area contributed by atoms with Crippen LogP contribution in [-0.4, -0.2) is 43.8 Å². The Labute approximate surface area is 244 Å². The first-order chi connectivity index (χ1) is 19.8. The Bertz CT molecular complexity index is 1380. The quantitative estimate of drug-likeness (QED) is 0.108. The Morgan fingerprint density at radius 1 is 0.902 bits per heavy atom. The summed E-state index contributed by atoms with van der Waals surface area (Å²) in [6.07, 6.45) is 3.34. The molecule has 3 aromatic carbocycles. The van der Waals surface area contributed by atoms with Gasteiger partial charge in [0.2, 0.25) is 0 Å². The topological polar surface area (TPSA) is 127 Å². The molecular formula is C30H33ClN4O6. The molecule has 41 heavy (non-hydrogen) atoms. The lowest BCUT2D eigenvalue weighted by atomic mass is 10.2. The van der Waals surface area contributed by atoms with Crippen LogP contribution >= 0.6 is 11.6 Å². The van der Waals surface area contributed by atoms with Crippen molar-refractivity contribution < 1.29 is 28.6 Å². The SMILES string of the molecule is CCCCOc1ccc(NC(=O)C(=O)N/N=C\c2ccc(OCC(=O)Nc3cccc(Cl)c3C)c(OCC)c2)cc1. The predicted octanol–water partition coefficient (Wildman–Crippen LogP) is 5.33. The third kappa shape index (κ3) is 9.84.